The van der Waals surface area contributed by atoms with E-state index in [4.69, 9.17) is 11.6 Å². The lowest BCUT2D eigenvalue weighted by atomic mass is 10.1. The third-order valence-electron chi connectivity index (χ3n) is 4.60. The van der Waals surface area contributed by atoms with Gasteiger partial charge in [-0.2, -0.15) is 31.6 Å². The third-order valence-corrected chi connectivity index (χ3v) is 6.58. The van der Waals surface area contributed by atoms with Gasteiger partial charge in [0, 0.05) is 17.3 Å². The van der Waals surface area contributed by atoms with Crippen molar-refractivity contribution in [1.29, 1.82) is 5.26 Å². The molecule has 0 atom stereocenters. The highest BCUT2D eigenvalue weighted by Gasteiger charge is 2.37. The number of hydrogen-bond donors (Lipinski definition) is 2. The van der Waals surface area contributed by atoms with E-state index in [1.165, 1.54) is 18.2 Å². The van der Waals surface area contributed by atoms with Gasteiger partial charge in [-0.1, -0.05) is 25.4 Å². The highest BCUT2D eigenvalue weighted by atomic mass is 35.5. The first kappa shape index (κ1) is 28.3. The van der Waals surface area contributed by atoms with E-state index < -0.39 is 49.7 Å². The number of nitriles is 1. The smallest absolute Gasteiger partial charge is 0.370 e. The fourth-order valence-corrected chi connectivity index (χ4v) is 4.19. The van der Waals surface area contributed by atoms with Gasteiger partial charge in [0.05, 0.1) is 16.0 Å². The molecule has 0 aliphatic heterocycles. The third kappa shape index (κ3) is 7.53. The van der Waals surface area contributed by atoms with Crippen molar-refractivity contribution in [2.45, 2.75) is 37.5 Å². The lowest BCUT2D eigenvalue weighted by molar-refractivity contribution is -0.143. The summed E-state index contributed by atoms with van der Waals surface area (Å²) >= 11 is 5.77. The summed E-state index contributed by atoms with van der Waals surface area (Å²) in [7, 11) is -4.52. The van der Waals surface area contributed by atoms with Crippen LogP contribution in [0, 0.1) is 17.2 Å². The number of alkyl halides is 6. The molecule has 0 fully saturated rings. The van der Waals surface area contributed by atoms with Crippen molar-refractivity contribution in [1.82, 2.24) is 5.32 Å². The van der Waals surface area contributed by atoms with Gasteiger partial charge in [0.25, 0.3) is 0 Å². The van der Waals surface area contributed by atoms with E-state index in [1.807, 2.05) is 13.8 Å². The molecule has 0 radical (unpaired) electrons. The summed E-state index contributed by atoms with van der Waals surface area (Å²) in [5.41, 5.74) is -3.91. The Morgan fingerprint density at radius 2 is 1.51 bits per heavy atom. The van der Waals surface area contributed by atoms with Gasteiger partial charge in [-0.25, -0.2) is 8.42 Å². The van der Waals surface area contributed by atoms with Crippen LogP contribution in [0.25, 0.3) is 0 Å². The molecule has 2 rings (SSSR count). The molecule has 0 amide bonds. The first-order valence-corrected chi connectivity index (χ1v) is 11.9. The Balaban J connectivity index is 2.68. The Kier molecular flexibility index (Phi) is 8.73. The van der Waals surface area contributed by atoms with Crippen molar-refractivity contribution >= 4 is 27.1 Å². The van der Waals surface area contributed by atoms with Gasteiger partial charge < -0.3 is 10.6 Å². The average Bonchev–Trinajstić information content (AvgIpc) is 2.72. The van der Waals surface area contributed by atoms with Gasteiger partial charge in [-0.15, -0.1) is 0 Å². The van der Waals surface area contributed by atoms with Crippen LogP contribution in [0.15, 0.2) is 58.1 Å². The van der Waals surface area contributed by atoms with Crippen molar-refractivity contribution in [3.05, 3.63) is 69.3 Å². The molecule has 2 N–H and O–H groups in total. The maximum absolute atomic E-state index is 13.3. The van der Waals surface area contributed by atoms with E-state index in [0.29, 0.717) is 18.6 Å². The highest BCUT2D eigenvalue weighted by Crippen LogP contribution is 2.38. The first-order valence-electron chi connectivity index (χ1n) is 10.0. The summed E-state index contributed by atoms with van der Waals surface area (Å²) in [6.07, 6.45) is -9.76. The van der Waals surface area contributed by atoms with Crippen LogP contribution in [0.4, 0.5) is 32.0 Å². The first-order chi connectivity index (χ1) is 16.1. The minimum atomic E-state index is -5.11. The van der Waals surface area contributed by atoms with Crippen molar-refractivity contribution < 1.29 is 34.8 Å². The van der Waals surface area contributed by atoms with Crippen LogP contribution in [0.5, 0.6) is 0 Å². The second kappa shape index (κ2) is 10.8. The van der Waals surface area contributed by atoms with Gasteiger partial charge >= 0.3 is 12.4 Å². The Morgan fingerprint density at radius 1 is 1.00 bits per heavy atom. The van der Waals surface area contributed by atoms with E-state index in [-0.39, 0.29) is 28.4 Å². The zero-order chi connectivity index (χ0) is 26.6. The van der Waals surface area contributed by atoms with E-state index in [2.05, 4.69) is 10.6 Å². The largest absolute Gasteiger partial charge is 0.416 e. The average molecular weight is 540 g/mol. The van der Waals surface area contributed by atoms with Crippen LogP contribution in [0.3, 0.4) is 0 Å². The number of hydrogen-bond acceptors (Lipinski definition) is 5. The minimum absolute atomic E-state index is 0.0591. The number of anilines is 1. The van der Waals surface area contributed by atoms with Crippen LogP contribution >= 0.6 is 11.6 Å². The summed E-state index contributed by atoms with van der Waals surface area (Å²) in [4.78, 5) is -1.27. The normalized spacial score (nSPS) is 13.3. The molecule has 0 saturated carbocycles. The molecule has 0 unspecified atom stereocenters. The molecular formula is C22H20ClF6N3O2S. The highest BCUT2D eigenvalue weighted by molar-refractivity contribution is 7.95. The molecular weight excluding hydrogens is 520 g/mol. The molecule has 35 heavy (non-hydrogen) atoms. The fourth-order valence-electron chi connectivity index (χ4n) is 2.82. The van der Waals surface area contributed by atoms with Gasteiger partial charge in [-0.3, -0.25) is 0 Å². The van der Waals surface area contributed by atoms with E-state index >= 15 is 0 Å². The number of sulfone groups is 1. The summed E-state index contributed by atoms with van der Waals surface area (Å²) < 4.78 is 106. The number of rotatable bonds is 8. The summed E-state index contributed by atoms with van der Waals surface area (Å²) in [5.74, 6) is -0.442. The zero-order valence-electron chi connectivity index (χ0n) is 18.4. The Morgan fingerprint density at radius 3 is 1.94 bits per heavy atom. The number of halogens is 7. The monoisotopic (exact) mass is 539 g/mol. The summed E-state index contributed by atoms with van der Waals surface area (Å²) in [6.45, 7) is 3.76. The molecule has 2 aromatic carbocycles. The molecule has 0 aliphatic carbocycles. The van der Waals surface area contributed by atoms with E-state index in [0.717, 1.165) is 12.1 Å². The second-order valence-electron chi connectivity index (χ2n) is 7.80. The topological polar surface area (TPSA) is 82.0 Å². The molecule has 0 saturated heterocycles. The standard InChI is InChI=1S/C22H20ClF6N3O2S/c1-13(2)7-8-31-20(19(12-30)35(33,34)18-5-3-16(23)4-6-18)32-17-10-14(21(24,25)26)9-15(11-17)22(27,28)29/h3-6,9-11,13,31-32H,7-8H2,1-2H3/b20-19+. The van der Waals surface area contributed by atoms with Crippen LogP contribution in [0.1, 0.15) is 31.4 Å². The van der Waals surface area contributed by atoms with Crippen molar-refractivity contribution in [3.63, 3.8) is 0 Å². The zero-order valence-corrected chi connectivity index (χ0v) is 19.9. The van der Waals surface area contributed by atoms with E-state index in [1.54, 1.807) is 0 Å². The molecule has 5 nitrogen and oxygen atoms in total. The van der Waals surface area contributed by atoms with Crippen LogP contribution in [-0.4, -0.2) is 15.0 Å². The van der Waals surface area contributed by atoms with Gasteiger partial charge in [0.2, 0.25) is 9.84 Å². The van der Waals surface area contributed by atoms with Crippen molar-refractivity contribution in [2.75, 3.05) is 11.9 Å². The van der Waals surface area contributed by atoms with Gasteiger partial charge in [-0.05, 0) is 54.8 Å². The van der Waals surface area contributed by atoms with E-state index in [9.17, 15) is 40.0 Å². The fraction of sp³-hybridized carbons (Fsp3) is 0.318. The molecule has 0 spiro atoms. The van der Waals surface area contributed by atoms with Gasteiger partial charge in [0.1, 0.15) is 11.9 Å². The maximum atomic E-state index is 13.3. The quantitative estimate of drug-likeness (QED) is 0.292. The van der Waals surface area contributed by atoms with Gasteiger partial charge in [0.15, 0.2) is 4.91 Å². The predicted molar refractivity (Wildman–Crippen MR) is 119 cm³/mol. The minimum Gasteiger partial charge on any atom is -0.370 e. The lowest BCUT2D eigenvalue weighted by Gasteiger charge is -2.19. The number of allylic oxidation sites excluding steroid dienone is 1. The van der Waals surface area contributed by atoms with Crippen LogP contribution in [-0.2, 0) is 22.2 Å². The number of nitrogens with zero attached hydrogens (tertiary/aromatic N) is 1. The Hall–Kier alpha value is -2.91. The summed E-state index contributed by atoms with van der Waals surface area (Å²) in [6, 6.07) is 6.96. The van der Waals surface area contributed by atoms with Crippen molar-refractivity contribution in [3.8, 4) is 6.07 Å². The molecule has 0 aromatic heterocycles. The maximum Gasteiger partial charge on any atom is 0.416 e. The summed E-state index contributed by atoms with van der Waals surface area (Å²) in [5, 5.41) is 14.8. The number of benzene rings is 2. The van der Waals surface area contributed by atoms with Crippen molar-refractivity contribution in [2.24, 2.45) is 5.92 Å². The molecule has 190 valence electrons. The molecule has 0 heterocycles. The van der Waals surface area contributed by atoms with Crippen LogP contribution < -0.4 is 10.6 Å². The Bertz CT molecular complexity index is 1200. The van der Waals surface area contributed by atoms with Crippen LogP contribution in [0.2, 0.25) is 5.02 Å². The number of nitrogens with one attached hydrogen (secondary N) is 2. The second-order valence-corrected chi connectivity index (χ2v) is 10.1. The SMILES string of the molecule is CC(C)CCN/C(Nc1cc(C(F)(F)F)cc(C(F)(F)F)c1)=C(/C#N)S(=O)(=O)c1ccc(Cl)cc1. The molecule has 13 heteroatoms. The molecule has 0 bridgehead atoms. The molecule has 2 aromatic rings. The lowest BCUT2D eigenvalue weighted by Crippen LogP contribution is -2.26. The molecule has 0 aliphatic rings. The predicted octanol–water partition coefficient (Wildman–Crippen LogP) is 6.59. The Labute approximate surface area is 203 Å².